The molecule has 1 rings (SSSR count). The minimum absolute atomic E-state index is 0.0167. The maximum Gasteiger partial charge on any atom is 0.408 e. The summed E-state index contributed by atoms with van der Waals surface area (Å²) in [6, 6.07) is 5.10. The fourth-order valence-electron chi connectivity index (χ4n) is 2.05. The lowest BCUT2D eigenvalue weighted by atomic mass is 10.0. The number of hydrogen-bond acceptors (Lipinski definition) is 6. The molecule has 0 bridgehead atoms. The van der Waals surface area contributed by atoms with Gasteiger partial charge in [0.2, 0.25) is 10.0 Å². The number of ether oxygens (including phenoxy) is 1. The smallest absolute Gasteiger partial charge is 0.408 e. The minimum Gasteiger partial charge on any atom is -0.444 e. The first kappa shape index (κ1) is 21.8. The number of sulfonamides is 1. The number of para-hydroxylation sites is 1. The molecule has 0 saturated carbocycles. The van der Waals surface area contributed by atoms with Crippen molar-refractivity contribution in [2.45, 2.75) is 57.1 Å². The Morgan fingerprint density at radius 3 is 2.31 bits per heavy atom. The molecule has 0 spiro atoms. The molecular formula is C16H25N3O6S. The zero-order valence-electron chi connectivity index (χ0n) is 15.5. The van der Waals surface area contributed by atoms with Crippen LogP contribution < -0.4 is 10.0 Å². The fraction of sp³-hybridized carbons (Fsp3) is 0.562. The zero-order valence-corrected chi connectivity index (χ0v) is 16.3. The number of nitrogens with zero attached hydrogens (tertiary/aromatic N) is 1. The second-order valence-corrected chi connectivity index (χ2v) is 9.12. The molecule has 0 unspecified atom stereocenters. The molecule has 0 aliphatic carbocycles. The van der Waals surface area contributed by atoms with Crippen LogP contribution in [0.2, 0.25) is 0 Å². The Morgan fingerprint density at radius 2 is 1.77 bits per heavy atom. The van der Waals surface area contributed by atoms with E-state index < -0.39 is 42.8 Å². The lowest BCUT2D eigenvalue weighted by molar-refractivity contribution is -0.387. The molecule has 146 valence electrons. The van der Waals surface area contributed by atoms with Gasteiger partial charge in [0.15, 0.2) is 4.90 Å². The van der Waals surface area contributed by atoms with Crippen LogP contribution in [0.25, 0.3) is 0 Å². The van der Waals surface area contributed by atoms with Crippen LogP contribution in [0.15, 0.2) is 29.2 Å². The van der Waals surface area contributed by atoms with Crippen molar-refractivity contribution in [2.24, 2.45) is 0 Å². The average molecular weight is 387 g/mol. The second kappa shape index (κ2) is 8.00. The second-order valence-electron chi connectivity index (χ2n) is 7.38. The maximum atomic E-state index is 12.3. The summed E-state index contributed by atoms with van der Waals surface area (Å²) in [6.07, 6.45) is -0.351. The molecule has 0 atom stereocenters. The summed E-state index contributed by atoms with van der Waals surface area (Å²) >= 11 is 0. The van der Waals surface area contributed by atoms with Crippen LogP contribution in [0.1, 0.15) is 41.0 Å². The number of nitro groups is 1. The van der Waals surface area contributed by atoms with Gasteiger partial charge < -0.3 is 10.1 Å². The standard InChI is InChI=1S/C16H25N3O6S/c1-15(2,3)25-14(20)18-16(4,5)10-11-17-26(23,24)13-9-7-6-8-12(13)19(21)22/h6-9,17H,10-11H2,1-5H3,(H,18,20). The SMILES string of the molecule is CC(C)(CCNS(=O)(=O)c1ccccc1[N+](=O)[O-])NC(=O)OC(C)(C)C. The summed E-state index contributed by atoms with van der Waals surface area (Å²) in [7, 11) is -4.05. The van der Waals surface area contributed by atoms with Crippen molar-refractivity contribution in [1.29, 1.82) is 0 Å². The lowest BCUT2D eigenvalue weighted by Gasteiger charge is -2.28. The number of nitrogens with one attached hydrogen (secondary N) is 2. The van der Waals surface area contributed by atoms with Crippen LogP contribution in [0.3, 0.4) is 0 Å². The van der Waals surface area contributed by atoms with Gasteiger partial charge in [-0.05, 0) is 47.1 Å². The van der Waals surface area contributed by atoms with Crippen molar-refractivity contribution < 1.29 is 22.9 Å². The zero-order chi connectivity index (χ0) is 20.2. The van der Waals surface area contributed by atoms with E-state index >= 15 is 0 Å². The number of carbonyl (C=O) groups is 1. The Balaban J connectivity index is 2.71. The van der Waals surface area contributed by atoms with Crippen LogP contribution >= 0.6 is 0 Å². The number of benzene rings is 1. The molecule has 0 aliphatic rings. The van der Waals surface area contributed by atoms with Gasteiger partial charge >= 0.3 is 6.09 Å². The van der Waals surface area contributed by atoms with Crippen molar-refractivity contribution in [2.75, 3.05) is 6.54 Å². The summed E-state index contributed by atoms with van der Waals surface area (Å²) in [4.78, 5) is 21.7. The van der Waals surface area contributed by atoms with Crippen LogP contribution in [-0.2, 0) is 14.8 Å². The van der Waals surface area contributed by atoms with E-state index in [1.54, 1.807) is 34.6 Å². The predicted molar refractivity (Wildman–Crippen MR) is 96.4 cm³/mol. The van der Waals surface area contributed by atoms with Crippen molar-refractivity contribution in [3.63, 3.8) is 0 Å². The van der Waals surface area contributed by atoms with Crippen LogP contribution in [0.4, 0.5) is 10.5 Å². The van der Waals surface area contributed by atoms with Crippen LogP contribution in [-0.4, -0.2) is 37.1 Å². The van der Waals surface area contributed by atoms with Gasteiger partial charge in [0.25, 0.3) is 5.69 Å². The van der Waals surface area contributed by atoms with E-state index in [1.807, 2.05) is 0 Å². The summed E-state index contributed by atoms with van der Waals surface area (Å²) < 4.78 is 32.1. The van der Waals surface area contributed by atoms with E-state index in [2.05, 4.69) is 10.0 Å². The van der Waals surface area contributed by atoms with Gasteiger partial charge in [0.1, 0.15) is 5.60 Å². The summed E-state index contributed by atoms with van der Waals surface area (Å²) in [5, 5.41) is 13.7. The Labute approximate surface area is 153 Å². The van der Waals surface area contributed by atoms with E-state index in [4.69, 9.17) is 4.74 Å². The molecule has 0 aromatic heterocycles. The van der Waals surface area contributed by atoms with E-state index in [0.29, 0.717) is 0 Å². The van der Waals surface area contributed by atoms with Gasteiger partial charge in [-0.1, -0.05) is 12.1 Å². The number of hydrogen-bond donors (Lipinski definition) is 2. The Bertz CT molecular complexity index is 768. The van der Waals surface area contributed by atoms with E-state index in [0.717, 1.165) is 6.07 Å². The number of carbonyl (C=O) groups excluding carboxylic acids is 1. The molecule has 1 aromatic rings. The summed E-state index contributed by atoms with van der Waals surface area (Å²) in [6.45, 7) is 8.63. The average Bonchev–Trinajstić information content (AvgIpc) is 2.43. The highest BCUT2D eigenvalue weighted by atomic mass is 32.2. The minimum atomic E-state index is -4.05. The lowest BCUT2D eigenvalue weighted by Crippen LogP contribution is -2.47. The highest BCUT2D eigenvalue weighted by molar-refractivity contribution is 7.89. The number of alkyl carbamates (subject to hydrolysis) is 1. The van der Waals surface area contributed by atoms with Gasteiger partial charge in [-0.2, -0.15) is 0 Å². The van der Waals surface area contributed by atoms with Crippen molar-refractivity contribution in [3.8, 4) is 0 Å². The molecule has 10 heteroatoms. The molecule has 0 radical (unpaired) electrons. The number of rotatable bonds is 7. The predicted octanol–water partition coefficient (Wildman–Crippen LogP) is 2.57. The topological polar surface area (TPSA) is 128 Å². The molecule has 0 aliphatic heterocycles. The summed E-state index contributed by atoms with van der Waals surface area (Å²) in [5.41, 5.74) is -1.88. The Kier molecular flexibility index (Phi) is 6.72. The first-order chi connectivity index (χ1) is 11.7. The van der Waals surface area contributed by atoms with Gasteiger partial charge in [-0.3, -0.25) is 10.1 Å². The third-order valence-electron chi connectivity index (χ3n) is 3.23. The van der Waals surface area contributed by atoms with Gasteiger partial charge in [-0.25, -0.2) is 17.9 Å². The molecule has 0 heterocycles. The van der Waals surface area contributed by atoms with Crippen molar-refractivity contribution in [1.82, 2.24) is 10.0 Å². The Morgan fingerprint density at radius 1 is 1.19 bits per heavy atom. The first-order valence-electron chi connectivity index (χ1n) is 7.98. The van der Waals surface area contributed by atoms with Gasteiger partial charge in [0.05, 0.1) is 4.92 Å². The first-order valence-corrected chi connectivity index (χ1v) is 9.46. The number of amides is 1. The molecule has 2 N–H and O–H groups in total. The van der Waals surface area contributed by atoms with Gasteiger partial charge in [0, 0.05) is 18.2 Å². The van der Waals surface area contributed by atoms with Gasteiger partial charge in [-0.15, -0.1) is 0 Å². The fourth-order valence-corrected chi connectivity index (χ4v) is 3.26. The normalized spacial score (nSPS) is 12.5. The molecule has 1 amide bonds. The molecule has 0 saturated heterocycles. The Hall–Kier alpha value is -2.20. The number of nitro benzene ring substituents is 1. The summed E-state index contributed by atoms with van der Waals surface area (Å²) in [5.74, 6) is 0. The molecule has 26 heavy (non-hydrogen) atoms. The van der Waals surface area contributed by atoms with Crippen LogP contribution in [0, 0.1) is 10.1 Å². The molecule has 0 fully saturated rings. The molecular weight excluding hydrogens is 362 g/mol. The monoisotopic (exact) mass is 387 g/mol. The highest BCUT2D eigenvalue weighted by Gasteiger charge is 2.27. The molecule has 1 aromatic carbocycles. The van der Waals surface area contributed by atoms with Crippen molar-refractivity contribution >= 4 is 21.8 Å². The van der Waals surface area contributed by atoms with E-state index in [-0.39, 0.29) is 13.0 Å². The third kappa shape index (κ3) is 6.96. The van der Waals surface area contributed by atoms with Crippen LogP contribution in [0.5, 0.6) is 0 Å². The quantitative estimate of drug-likeness (QED) is 0.547. The molecule has 9 nitrogen and oxygen atoms in total. The van der Waals surface area contributed by atoms with Crippen molar-refractivity contribution in [3.05, 3.63) is 34.4 Å². The largest absolute Gasteiger partial charge is 0.444 e. The highest BCUT2D eigenvalue weighted by Crippen LogP contribution is 2.22. The maximum absolute atomic E-state index is 12.3. The van der Waals surface area contributed by atoms with E-state index in [9.17, 15) is 23.3 Å². The van der Waals surface area contributed by atoms with E-state index in [1.165, 1.54) is 18.2 Å². The third-order valence-corrected chi connectivity index (χ3v) is 4.74.